The summed E-state index contributed by atoms with van der Waals surface area (Å²) >= 11 is 3.25. The van der Waals surface area contributed by atoms with Crippen molar-refractivity contribution in [3.8, 4) is 0 Å². The van der Waals surface area contributed by atoms with Gasteiger partial charge in [0.2, 0.25) is 0 Å². The van der Waals surface area contributed by atoms with E-state index in [9.17, 15) is 19.2 Å². The largest absolute Gasteiger partial charge is 0.453 e. The van der Waals surface area contributed by atoms with E-state index in [1.165, 1.54) is 13.8 Å². The predicted octanol–water partition coefficient (Wildman–Crippen LogP) is 1.38. The van der Waals surface area contributed by atoms with Gasteiger partial charge in [0.1, 0.15) is 6.04 Å². The third-order valence-electron chi connectivity index (χ3n) is 2.88. The molecule has 2 atom stereocenters. The highest BCUT2D eigenvalue weighted by atomic mass is 79.9. The second-order valence-corrected chi connectivity index (χ2v) is 5.68. The molecule has 8 nitrogen and oxygen atoms in total. The molecule has 0 heterocycles. The first-order valence-corrected chi connectivity index (χ1v) is 7.69. The van der Waals surface area contributed by atoms with Crippen LogP contribution in [0.3, 0.4) is 0 Å². The number of rotatable bonds is 5. The highest BCUT2D eigenvalue weighted by Crippen LogP contribution is 2.10. The molecule has 0 fully saturated rings. The molecule has 0 saturated heterocycles. The predicted molar refractivity (Wildman–Crippen MR) is 87.2 cm³/mol. The van der Waals surface area contributed by atoms with Gasteiger partial charge in [0.15, 0.2) is 6.10 Å². The lowest BCUT2D eigenvalue weighted by atomic mass is 10.2. The molecule has 9 heteroatoms. The van der Waals surface area contributed by atoms with Crippen LogP contribution in [0.1, 0.15) is 24.2 Å². The van der Waals surface area contributed by atoms with E-state index in [-0.39, 0.29) is 0 Å². The van der Waals surface area contributed by atoms with Gasteiger partial charge in [0, 0.05) is 10.0 Å². The molecule has 3 amide bonds. The highest BCUT2D eigenvalue weighted by Gasteiger charge is 2.24. The minimum absolute atomic E-state index is 0.370. The summed E-state index contributed by atoms with van der Waals surface area (Å²) in [6, 6.07) is 5.58. The van der Waals surface area contributed by atoms with Gasteiger partial charge >= 0.3 is 12.1 Å². The number of hydrogen-bond donors (Lipinski definition) is 2. The lowest BCUT2D eigenvalue weighted by Gasteiger charge is -2.17. The van der Waals surface area contributed by atoms with Gasteiger partial charge in [-0.15, -0.1) is 0 Å². The molecule has 0 radical (unpaired) electrons. The maximum Gasteiger partial charge on any atom is 0.413 e. The van der Waals surface area contributed by atoms with Crippen LogP contribution in [0.2, 0.25) is 0 Å². The van der Waals surface area contributed by atoms with Crippen LogP contribution in [0, 0.1) is 0 Å². The van der Waals surface area contributed by atoms with Gasteiger partial charge in [-0.3, -0.25) is 14.9 Å². The van der Waals surface area contributed by atoms with Gasteiger partial charge in [-0.05, 0) is 38.1 Å². The Kier molecular flexibility index (Phi) is 7.37. The van der Waals surface area contributed by atoms with Crippen LogP contribution >= 0.6 is 15.9 Å². The second kappa shape index (κ2) is 9.02. The maximum absolute atomic E-state index is 12.0. The molecule has 0 bridgehead atoms. The zero-order chi connectivity index (χ0) is 18.3. The molecule has 0 aliphatic carbocycles. The Hall–Kier alpha value is -2.42. The number of alkyl carbamates (subject to hydrolysis) is 1. The summed E-state index contributed by atoms with van der Waals surface area (Å²) in [6.45, 7) is 2.71. The molecule has 1 aromatic carbocycles. The third-order valence-corrected chi connectivity index (χ3v) is 3.41. The number of imide groups is 1. The average Bonchev–Trinajstić information content (AvgIpc) is 2.54. The van der Waals surface area contributed by atoms with Crippen LogP contribution < -0.4 is 10.6 Å². The van der Waals surface area contributed by atoms with E-state index in [1.54, 1.807) is 24.3 Å². The highest BCUT2D eigenvalue weighted by molar-refractivity contribution is 9.10. The second-order valence-electron chi connectivity index (χ2n) is 4.76. The SMILES string of the molecule is COC(=O)NC(=O)[C@H](C)OC(=O)[C@H](C)NC(=O)c1ccc(Br)cc1. The molecule has 0 saturated carbocycles. The van der Waals surface area contributed by atoms with Crippen LogP contribution in [0.4, 0.5) is 4.79 Å². The van der Waals surface area contributed by atoms with Crippen LogP contribution in [-0.4, -0.2) is 43.1 Å². The Balaban J connectivity index is 2.55. The molecule has 24 heavy (non-hydrogen) atoms. The molecule has 0 aromatic heterocycles. The van der Waals surface area contributed by atoms with Crippen LogP contribution in [0.25, 0.3) is 0 Å². The molecule has 0 unspecified atom stereocenters. The van der Waals surface area contributed by atoms with E-state index < -0.39 is 36.0 Å². The van der Waals surface area contributed by atoms with Crippen molar-refractivity contribution in [1.29, 1.82) is 0 Å². The lowest BCUT2D eigenvalue weighted by molar-refractivity contribution is -0.156. The van der Waals surface area contributed by atoms with E-state index in [1.807, 2.05) is 5.32 Å². The van der Waals surface area contributed by atoms with Crippen molar-refractivity contribution in [2.45, 2.75) is 26.0 Å². The van der Waals surface area contributed by atoms with Gasteiger partial charge in [0.05, 0.1) is 7.11 Å². The Morgan fingerprint density at radius 3 is 2.21 bits per heavy atom. The summed E-state index contributed by atoms with van der Waals surface area (Å²) in [6.07, 6.45) is -2.18. The average molecular weight is 401 g/mol. The molecule has 0 aliphatic heterocycles. The Labute approximate surface area is 147 Å². The van der Waals surface area contributed by atoms with E-state index in [0.29, 0.717) is 5.56 Å². The molecular weight excluding hydrogens is 384 g/mol. The molecule has 130 valence electrons. The number of methoxy groups -OCH3 is 1. The van der Waals surface area contributed by atoms with Crippen LogP contribution in [0.5, 0.6) is 0 Å². The fraction of sp³-hybridized carbons (Fsp3) is 0.333. The summed E-state index contributed by atoms with van der Waals surface area (Å²) in [7, 11) is 1.10. The molecule has 1 aromatic rings. The number of hydrogen-bond acceptors (Lipinski definition) is 6. The number of esters is 1. The minimum atomic E-state index is -1.22. The standard InChI is InChI=1S/C15H17BrN2O6/c1-8(17-13(20)10-4-6-11(16)7-5-10)14(21)24-9(2)12(19)18-15(22)23-3/h4-9H,1-3H3,(H,17,20)(H,18,19,22)/t8-,9-/m0/s1. The molecule has 1 rings (SSSR count). The first-order chi connectivity index (χ1) is 11.2. The molecule has 0 spiro atoms. The zero-order valence-electron chi connectivity index (χ0n) is 13.3. The van der Waals surface area contributed by atoms with Gasteiger partial charge in [-0.1, -0.05) is 15.9 Å². The number of amides is 3. The Morgan fingerprint density at radius 1 is 1.08 bits per heavy atom. The van der Waals surface area contributed by atoms with Crippen molar-refractivity contribution in [3.05, 3.63) is 34.3 Å². The van der Waals surface area contributed by atoms with Crippen molar-refractivity contribution < 1.29 is 28.7 Å². The van der Waals surface area contributed by atoms with E-state index in [4.69, 9.17) is 4.74 Å². The van der Waals surface area contributed by atoms with Gasteiger partial charge in [-0.25, -0.2) is 9.59 Å². The number of nitrogens with one attached hydrogen (secondary N) is 2. The van der Waals surface area contributed by atoms with E-state index in [2.05, 4.69) is 26.0 Å². The third kappa shape index (κ3) is 5.99. The van der Waals surface area contributed by atoms with Gasteiger partial charge in [-0.2, -0.15) is 0 Å². The fourth-order valence-corrected chi connectivity index (χ4v) is 1.79. The van der Waals surface area contributed by atoms with E-state index >= 15 is 0 Å². The Bertz CT molecular complexity index is 631. The first kappa shape index (κ1) is 19.6. The van der Waals surface area contributed by atoms with E-state index in [0.717, 1.165) is 11.6 Å². The van der Waals surface area contributed by atoms with Gasteiger partial charge in [0.25, 0.3) is 11.8 Å². The fourth-order valence-electron chi connectivity index (χ4n) is 1.52. The maximum atomic E-state index is 12.0. The summed E-state index contributed by atoms with van der Waals surface area (Å²) < 4.78 is 9.97. The molecule has 0 aliphatic rings. The lowest BCUT2D eigenvalue weighted by Crippen LogP contribution is -2.44. The van der Waals surface area contributed by atoms with Crippen molar-refractivity contribution >= 4 is 39.8 Å². The molecular formula is C15H17BrN2O6. The smallest absolute Gasteiger partial charge is 0.413 e. The minimum Gasteiger partial charge on any atom is -0.453 e. The van der Waals surface area contributed by atoms with Gasteiger partial charge < -0.3 is 14.8 Å². The van der Waals surface area contributed by atoms with Crippen molar-refractivity contribution in [1.82, 2.24) is 10.6 Å². The normalized spacial score (nSPS) is 12.5. The summed E-state index contributed by atoms with van der Waals surface area (Å²) in [4.78, 5) is 46.4. The number of benzene rings is 1. The van der Waals surface area contributed by atoms with Crippen molar-refractivity contribution in [2.75, 3.05) is 7.11 Å². The number of carbonyl (C=O) groups excluding carboxylic acids is 4. The monoisotopic (exact) mass is 400 g/mol. The van der Waals surface area contributed by atoms with Crippen molar-refractivity contribution in [2.24, 2.45) is 0 Å². The summed E-state index contributed by atoms with van der Waals surface area (Å²) in [5.41, 5.74) is 0.370. The van der Waals surface area contributed by atoms with Crippen LogP contribution in [0.15, 0.2) is 28.7 Å². The summed E-state index contributed by atoms with van der Waals surface area (Å²) in [5, 5.41) is 4.34. The first-order valence-electron chi connectivity index (χ1n) is 6.90. The quantitative estimate of drug-likeness (QED) is 0.722. The molecule has 2 N–H and O–H groups in total. The number of carbonyl (C=O) groups is 4. The topological polar surface area (TPSA) is 111 Å². The number of ether oxygens (including phenoxy) is 2. The van der Waals surface area contributed by atoms with Crippen LogP contribution in [-0.2, 0) is 19.1 Å². The Morgan fingerprint density at radius 2 is 1.67 bits per heavy atom. The van der Waals surface area contributed by atoms with Crippen molar-refractivity contribution in [3.63, 3.8) is 0 Å². The zero-order valence-corrected chi connectivity index (χ0v) is 14.9. The summed E-state index contributed by atoms with van der Waals surface area (Å²) in [5.74, 6) is -2.10. The number of halogens is 1.